The van der Waals surface area contributed by atoms with E-state index in [1.165, 1.54) is 13.3 Å². The number of carboxylic acid groups (broad SMARTS) is 1. The number of nitriles is 1. The summed E-state index contributed by atoms with van der Waals surface area (Å²) in [6.45, 7) is 2.76. The molecule has 1 N–H and O–H groups in total. The molecule has 31 heavy (non-hydrogen) atoms. The van der Waals surface area contributed by atoms with E-state index in [1.54, 1.807) is 12.1 Å². The first-order valence-electron chi connectivity index (χ1n) is 9.33. The lowest BCUT2D eigenvalue weighted by molar-refractivity contribution is -0.192. The lowest BCUT2D eigenvalue weighted by atomic mass is 9.91. The number of nitrogens with zero attached hydrogens (tertiary/aromatic N) is 3. The van der Waals surface area contributed by atoms with E-state index in [4.69, 9.17) is 29.4 Å². The molecule has 2 saturated heterocycles. The molecule has 1 aromatic rings. The first-order valence-corrected chi connectivity index (χ1v) is 9.33. The van der Waals surface area contributed by atoms with Crippen LogP contribution < -0.4 is 4.74 Å². The number of aliphatic carboxylic acids is 1. The second-order valence-electron chi connectivity index (χ2n) is 6.96. The zero-order valence-electron chi connectivity index (χ0n) is 16.7. The Balaban J connectivity index is 0.000000423. The largest absolute Gasteiger partial charge is 0.490 e. The minimum absolute atomic E-state index is 0.0206. The number of hydrogen-bond acceptors (Lipinski definition) is 7. The summed E-state index contributed by atoms with van der Waals surface area (Å²) in [5, 5.41) is 15.9. The van der Waals surface area contributed by atoms with Gasteiger partial charge in [0.1, 0.15) is 12.7 Å². The third-order valence-electron chi connectivity index (χ3n) is 4.91. The fraction of sp³-hybridized carbons (Fsp3) is 0.579. The van der Waals surface area contributed by atoms with Crippen LogP contribution >= 0.6 is 0 Å². The molecule has 0 spiro atoms. The normalized spacial score (nSPS) is 22.2. The monoisotopic (exact) mass is 445 g/mol. The highest BCUT2D eigenvalue weighted by atomic mass is 19.4. The summed E-state index contributed by atoms with van der Waals surface area (Å²) >= 11 is 0. The molecule has 3 atom stereocenters. The number of alkyl halides is 3. The van der Waals surface area contributed by atoms with Gasteiger partial charge < -0.3 is 24.2 Å². The number of ether oxygens (including phenoxy) is 3. The van der Waals surface area contributed by atoms with Crippen LogP contribution in [0.3, 0.4) is 0 Å². The van der Waals surface area contributed by atoms with Crippen molar-refractivity contribution < 1.29 is 42.1 Å². The maximum Gasteiger partial charge on any atom is 0.490 e. The molecule has 0 unspecified atom stereocenters. The summed E-state index contributed by atoms with van der Waals surface area (Å²) in [6, 6.07) is 5.42. The summed E-state index contributed by atoms with van der Waals surface area (Å²) in [7, 11) is 1.53. The minimum Gasteiger partial charge on any atom is -0.478 e. The van der Waals surface area contributed by atoms with Crippen molar-refractivity contribution in [3.63, 3.8) is 0 Å². The minimum atomic E-state index is -5.08. The van der Waals surface area contributed by atoms with E-state index in [2.05, 4.69) is 4.98 Å². The summed E-state index contributed by atoms with van der Waals surface area (Å²) in [5.41, 5.74) is 0.515. The lowest BCUT2D eigenvalue weighted by Crippen LogP contribution is -2.33. The molecule has 12 heteroatoms. The number of aromatic nitrogens is 1. The molecule has 0 radical (unpaired) electrons. The quantitative estimate of drug-likeness (QED) is 0.699. The van der Waals surface area contributed by atoms with Gasteiger partial charge >= 0.3 is 12.1 Å². The molecule has 2 aliphatic heterocycles. The average Bonchev–Trinajstić information content (AvgIpc) is 3.30. The van der Waals surface area contributed by atoms with Crippen molar-refractivity contribution in [2.24, 2.45) is 11.8 Å². The highest BCUT2D eigenvalue weighted by Gasteiger charge is 2.44. The molecule has 2 fully saturated rings. The smallest absolute Gasteiger partial charge is 0.478 e. The highest BCUT2D eigenvalue weighted by molar-refractivity contribution is 5.77. The van der Waals surface area contributed by atoms with Gasteiger partial charge in [-0.15, -0.1) is 0 Å². The lowest BCUT2D eigenvalue weighted by Gasteiger charge is -2.19. The van der Waals surface area contributed by atoms with Crippen LogP contribution in [0.2, 0.25) is 0 Å². The Labute approximate surface area is 176 Å². The number of carbonyl (C=O) groups excluding carboxylic acids is 1. The standard InChI is InChI=1S/C17H21N3O4.C2HF3O2/c1-22-11-17(21)20-8-14-13(10-24-15(14)9-20)4-5-23-16-3-2-12(6-18)7-19-16;3-2(4,5)1(6)7/h2-3,7,13-15H,4-5,8-11H2,1H3;(H,6,7)/t13-,14-,15-;/m0./s1. The molecule has 0 aliphatic carbocycles. The van der Waals surface area contributed by atoms with Gasteiger partial charge in [0, 0.05) is 38.4 Å². The van der Waals surface area contributed by atoms with Crippen LogP contribution in [0.5, 0.6) is 5.88 Å². The fourth-order valence-corrected chi connectivity index (χ4v) is 3.36. The van der Waals surface area contributed by atoms with Crippen LogP contribution in [0, 0.1) is 23.2 Å². The van der Waals surface area contributed by atoms with Crippen molar-refractivity contribution in [2.45, 2.75) is 18.7 Å². The van der Waals surface area contributed by atoms with Crippen molar-refractivity contribution in [1.29, 1.82) is 5.26 Å². The first kappa shape index (κ1) is 24.4. The molecule has 0 aromatic carbocycles. The number of rotatable bonds is 6. The summed E-state index contributed by atoms with van der Waals surface area (Å²) < 4.78 is 48.1. The summed E-state index contributed by atoms with van der Waals surface area (Å²) in [6.07, 6.45) is -2.60. The van der Waals surface area contributed by atoms with Gasteiger partial charge in [-0.2, -0.15) is 18.4 Å². The molecule has 3 heterocycles. The first-order chi connectivity index (χ1) is 14.7. The molecule has 1 aromatic heterocycles. The Morgan fingerprint density at radius 1 is 1.39 bits per heavy atom. The number of amides is 1. The van der Waals surface area contributed by atoms with Crippen LogP contribution in [-0.2, 0) is 19.1 Å². The summed E-state index contributed by atoms with van der Waals surface area (Å²) in [5.74, 6) is -1.47. The van der Waals surface area contributed by atoms with E-state index in [1.807, 2.05) is 11.0 Å². The van der Waals surface area contributed by atoms with E-state index in [0.717, 1.165) is 13.0 Å². The van der Waals surface area contributed by atoms with E-state index in [-0.39, 0.29) is 18.6 Å². The Morgan fingerprint density at radius 2 is 2.10 bits per heavy atom. The van der Waals surface area contributed by atoms with Crippen LogP contribution in [0.25, 0.3) is 0 Å². The molecule has 2 aliphatic rings. The molecule has 0 bridgehead atoms. The molecule has 9 nitrogen and oxygen atoms in total. The predicted molar refractivity (Wildman–Crippen MR) is 97.9 cm³/mol. The number of halogens is 3. The zero-order chi connectivity index (χ0) is 23.0. The summed E-state index contributed by atoms with van der Waals surface area (Å²) in [4.78, 5) is 26.7. The van der Waals surface area contributed by atoms with Crippen molar-refractivity contribution in [3.8, 4) is 11.9 Å². The van der Waals surface area contributed by atoms with Crippen molar-refractivity contribution in [1.82, 2.24) is 9.88 Å². The number of carboxylic acids is 1. The van der Waals surface area contributed by atoms with Crippen LogP contribution in [0.4, 0.5) is 13.2 Å². The maximum absolute atomic E-state index is 11.9. The van der Waals surface area contributed by atoms with Gasteiger partial charge in [0.05, 0.1) is 24.9 Å². The SMILES string of the molecule is COCC(=O)N1C[C@H]2[C@@H](CCOc3ccc(C#N)cn3)CO[C@H]2C1.O=C(O)C(F)(F)F. The molecule has 0 saturated carbocycles. The van der Waals surface area contributed by atoms with E-state index in [0.29, 0.717) is 43.0 Å². The molecular weight excluding hydrogens is 423 g/mol. The Kier molecular flexibility index (Phi) is 8.58. The van der Waals surface area contributed by atoms with Crippen molar-refractivity contribution >= 4 is 11.9 Å². The molecule has 3 rings (SSSR count). The van der Waals surface area contributed by atoms with E-state index < -0.39 is 12.1 Å². The van der Waals surface area contributed by atoms with Gasteiger partial charge in [0.15, 0.2) is 0 Å². The highest BCUT2D eigenvalue weighted by Crippen LogP contribution is 2.35. The van der Waals surface area contributed by atoms with Crippen LogP contribution in [-0.4, -0.2) is 79.2 Å². The Hall–Kier alpha value is -2.91. The number of hydrogen-bond donors (Lipinski definition) is 1. The van der Waals surface area contributed by atoms with Crippen molar-refractivity contribution in [2.75, 3.05) is 40.0 Å². The second-order valence-corrected chi connectivity index (χ2v) is 6.96. The predicted octanol–water partition coefficient (Wildman–Crippen LogP) is 1.48. The average molecular weight is 445 g/mol. The van der Waals surface area contributed by atoms with Crippen molar-refractivity contribution in [3.05, 3.63) is 23.9 Å². The third kappa shape index (κ3) is 7.08. The number of methoxy groups -OCH3 is 1. The second kappa shape index (κ2) is 10.9. The van der Waals surface area contributed by atoms with Gasteiger partial charge in [-0.3, -0.25) is 4.79 Å². The Morgan fingerprint density at radius 3 is 2.65 bits per heavy atom. The topological polar surface area (TPSA) is 122 Å². The molecular formula is C19H22F3N3O6. The van der Waals surface area contributed by atoms with Crippen LogP contribution in [0.15, 0.2) is 18.3 Å². The van der Waals surface area contributed by atoms with Gasteiger partial charge in [-0.25, -0.2) is 9.78 Å². The van der Waals surface area contributed by atoms with Gasteiger partial charge in [0.2, 0.25) is 11.8 Å². The van der Waals surface area contributed by atoms with Crippen LogP contribution in [0.1, 0.15) is 12.0 Å². The molecule has 170 valence electrons. The number of pyridine rings is 1. The van der Waals surface area contributed by atoms with Gasteiger partial charge in [0.25, 0.3) is 0 Å². The van der Waals surface area contributed by atoms with Gasteiger partial charge in [-0.05, 0) is 18.4 Å². The zero-order valence-corrected chi connectivity index (χ0v) is 16.7. The van der Waals surface area contributed by atoms with Gasteiger partial charge in [-0.1, -0.05) is 0 Å². The third-order valence-corrected chi connectivity index (χ3v) is 4.91. The Bertz CT molecular complexity index is 797. The number of fused-ring (bicyclic) bond motifs is 1. The van der Waals surface area contributed by atoms with E-state index in [9.17, 15) is 18.0 Å². The fourth-order valence-electron chi connectivity index (χ4n) is 3.36. The number of carbonyl (C=O) groups is 2. The maximum atomic E-state index is 11.9. The van der Waals surface area contributed by atoms with E-state index >= 15 is 0 Å². The molecule has 1 amide bonds. The number of likely N-dealkylation sites (tertiary alicyclic amines) is 1.